The zero-order chi connectivity index (χ0) is 19.8. The SMILES string of the molecule is COc1cccc(N2CCN(C(=O)c3cc4c(=O)n(C)ccc4n3C)CC2)c1. The van der Waals surface area contributed by atoms with Gasteiger partial charge in [0.25, 0.3) is 11.5 Å². The highest BCUT2D eigenvalue weighted by atomic mass is 16.5. The van der Waals surface area contributed by atoms with E-state index in [4.69, 9.17) is 4.74 Å². The average Bonchev–Trinajstić information content (AvgIpc) is 3.07. The molecule has 7 heteroatoms. The molecule has 0 saturated carbocycles. The first-order valence-electron chi connectivity index (χ1n) is 9.33. The predicted octanol–water partition coefficient (Wildman–Crippen LogP) is 1.85. The van der Waals surface area contributed by atoms with Crippen molar-refractivity contribution in [3.63, 3.8) is 0 Å². The molecule has 146 valence electrons. The predicted molar refractivity (Wildman–Crippen MR) is 109 cm³/mol. The fourth-order valence-electron chi connectivity index (χ4n) is 3.77. The smallest absolute Gasteiger partial charge is 0.270 e. The maximum atomic E-state index is 13.1. The molecule has 0 radical (unpaired) electrons. The lowest BCUT2D eigenvalue weighted by Gasteiger charge is -2.36. The average molecular weight is 380 g/mol. The number of piperazine rings is 1. The van der Waals surface area contributed by atoms with Crippen LogP contribution in [0.15, 0.2) is 47.4 Å². The number of pyridine rings is 1. The molecule has 28 heavy (non-hydrogen) atoms. The third-order valence-corrected chi connectivity index (χ3v) is 5.49. The van der Waals surface area contributed by atoms with Crippen molar-refractivity contribution in [3.05, 3.63) is 58.6 Å². The standard InChI is InChI=1S/C21H24N4O3/c1-22-8-7-18-17(20(22)26)14-19(23(18)2)21(27)25-11-9-24(10-12-25)15-5-4-6-16(13-15)28-3/h4-8,13-14H,9-12H2,1-3H3. The molecule has 3 heterocycles. The number of rotatable bonds is 3. The fraction of sp³-hybridized carbons (Fsp3) is 0.333. The van der Waals surface area contributed by atoms with E-state index in [0.717, 1.165) is 30.0 Å². The minimum absolute atomic E-state index is 0.0361. The molecule has 1 aliphatic heterocycles. The summed E-state index contributed by atoms with van der Waals surface area (Å²) in [7, 11) is 5.21. The van der Waals surface area contributed by atoms with Crippen LogP contribution in [0.4, 0.5) is 5.69 Å². The first-order chi connectivity index (χ1) is 13.5. The van der Waals surface area contributed by atoms with Gasteiger partial charge in [0.2, 0.25) is 0 Å². The topological polar surface area (TPSA) is 59.7 Å². The number of ether oxygens (including phenoxy) is 1. The molecule has 0 aliphatic carbocycles. The number of fused-ring (bicyclic) bond motifs is 1. The summed E-state index contributed by atoms with van der Waals surface area (Å²) in [6.07, 6.45) is 1.73. The van der Waals surface area contributed by atoms with Crippen LogP contribution in [0.3, 0.4) is 0 Å². The molecule has 1 aromatic carbocycles. The molecule has 0 bridgehead atoms. The second-order valence-corrected chi connectivity index (χ2v) is 7.10. The Morgan fingerprint density at radius 3 is 2.50 bits per heavy atom. The molecule has 0 unspecified atom stereocenters. The summed E-state index contributed by atoms with van der Waals surface area (Å²) in [5.74, 6) is 0.791. The molecule has 1 aliphatic rings. The Morgan fingerprint density at radius 1 is 1.04 bits per heavy atom. The zero-order valence-corrected chi connectivity index (χ0v) is 16.4. The van der Waals surface area contributed by atoms with Crippen molar-refractivity contribution in [2.45, 2.75) is 0 Å². The van der Waals surface area contributed by atoms with E-state index >= 15 is 0 Å². The molecular formula is C21H24N4O3. The van der Waals surface area contributed by atoms with Crippen LogP contribution in [0.2, 0.25) is 0 Å². The highest BCUT2D eigenvalue weighted by molar-refractivity contribution is 5.98. The van der Waals surface area contributed by atoms with Crippen LogP contribution in [0.5, 0.6) is 5.75 Å². The summed E-state index contributed by atoms with van der Waals surface area (Å²) in [6.45, 7) is 2.78. The van der Waals surface area contributed by atoms with Crippen molar-refractivity contribution in [1.29, 1.82) is 0 Å². The minimum Gasteiger partial charge on any atom is -0.497 e. The highest BCUT2D eigenvalue weighted by Gasteiger charge is 2.25. The van der Waals surface area contributed by atoms with Crippen molar-refractivity contribution in [3.8, 4) is 5.75 Å². The number of aromatic nitrogens is 2. The molecule has 1 saturated heterocycles. The van der Waals surface area contributed by atoms with Gasteiger partial charge in [-0.25, -0.2) is 0 Å². The number of benzene rings is 1. The van der Waals surface area contributed by atoms with Crippen LogP contribution < -0.4 is 15.2 Å². The van der Waals surface area contributed by atoms with E-state index in [1.165, 1.54) is 4.57 Å². The summed E-state index contributed by atoms with van der Waals surface area (Å²) in [5.41, 5.74) is 2.34. The number of nitrogens with zero attached hydrogens (tertiary/aromatic N) is 4. The zero-order valence-electron chi connectivity index (χ0n) is 16.4. The Kier molecular flexibility index (Phi) is 4.58. The monoisotopic (exact) mass is 380 g/mol. The van der Waals surface area contributed by atoms with Gasteiger partial charge in [-0.05, 0) is 24.3 Å². The number of carbonyl (C=O) groups excluding carboxylic acids is 1. The van der Waals surface area contributed by atoms with E-state index in [0.29, 0.717) is 24.2 Å². The first-order valence-corrected chi connectivity index (χ1v) is 9.33. The number of anilines is 1. The molecule has 1 amide bonds. The Morgan fingerprint density at radius 2 is 1.79 bits per heavy atom. The summed E-state index contributed by atoms with van der Waals surface area (Å²) in [4.78, 5) is 29.6. The third-order valence-electron chi connectivity index (χ3n) is 5.49. The number of hydrogen-bond acceptors (Lipinski definition) is 4. The Labute approximate surface area is 163 Å². The van der Waals surface area contributed by atoms with Crippen LogP contribution in [0, 0.1) is 0 Å². The van der Waals surface area contributed by atoms with Crippen LogP contribution in [0.25, 0.3) is 10.9 Å². The number of carbonyl (C=O) groups is 1. The summed E-state index contributed by atoms with van der Waals surface area (Å²) < 4.78 is 8.65. The quantitative estimate of drug-likeness (QED) is 0.696. The Hall–Kier alpha value is -3.22. The fourth-order valence-corrected chi connectivity index (χ4v) is 3.77. The number of amides is 1. The maximum Gasteiger partial charge on any atom is 0.270 e. The highest BCUT2D eigenvalue weighted by Crippen LogP contribution is 2.23. The van der Waals surface area contributed by atoms with Crippen molar-refractivity contribution < 1.29 is 9.53 Å². The molecule has 0 atom stereocenters. The number of hydrogen-bond donors (Lipinski definition) is 0. The number of aryl methyl sites for hydroxylation is 2. The molecule has 2 aromatic heterocycles. The van der Waals surface area contributed by atoms with Gasteiger partial charge in [-0.15, -0.1) is 0 Å². The molecule has 0 N–H and O–H groups in total. The normalized spacial score (nSPS) is 14.5. The van der Waals surface area contributed by atoms with E-state index < -0.39 is 0 Å². The van der Waals surface area contributed by atoms with Gasteiger partial charge < -0.3 is 23.7 Å². The van der Waals surface area contributed by atoms with Gasteiger partial charge >= 0.3 is 0 Å². The molecule has 7 nitrogen and oxygen atoms in total. The maximum absolute atomic E-state index is 13.1. The lowest BCUT2D eigenvalue weighted by atomic mass is 10.2. The molecule has 4 rings (SSSR count). The molecule has 3 aromatic rings. The van der Waals surface area contributed by atoms with E-state index in [9.17, 15) is 9.59 Å². The van der Waals surface area contributed by atoms with E-state index in [-0.39, 0.29) is 11.5 Å². The Bertz CT molecular complexity index is 1090. The summed E-state index contributed by atoms with van der Waals surface area (Å²) in [5, 5.41) is 0.575. The van der Waals surface area contributed by atoms with Crippen molar-refractivity contribution >= 4 is 22.5 Å². The molecule has 1 fully saturated rings. The molecule has 0 spiro atoms. The van der Waals surface area contributed by atoms with Gasteiger partial charge in [0.1, 0.15) is 11.4 Å². The van der Waals surface area contributed by atoms with Gasteiger partial charge in [0, 0.05) is 58.2 Å². The van der Waals surface area contributed by atoms with Crippen molar-refractivity contribution in [2.24, 2.45) is 14.1 Å². The first kappa shape index (κ1) is 18.2. The largest absolute Gasteiger partial charge is 0.497 e. The Balaban J connectivity index is 1.53. The van der Waals surface area contributed by atoms with E-state index in [2.05, 4.69) is 11.0 Å². The van der Waals surface area contributed by atoms with Gasteiger partial charge in [-0.1, -0.05) is 6.07 Å². The second-order valence-electron chi connectivity index (χ2n) is 7.10. The molecular weight excluding hydrogens is 356 g/mol. The minimum atomic E-state index is -0.0880. The van der Waals surface area contributed by atoms with Crippen molar-refractivity contribution in [2.75, 3.05) is 38.2 Å². The summed E-state index contributed by atoms with van der Waals surface area (Å²) in [6, 6.07) is 11.6. The van der Waals surface area contributed by atoms with Gasteiger partial charge in [-0.2, -0.15) is 0 Å². The lowest BCUT2D eigenvalue weighted by Crippen LogP contribution is -2.49. The van der Waals surface area contributed by atoms with Gasteiger partial charge in [-0.3, -0.25) is 9.59 Å². The lowest BCUT2D eigenvalue weighted by molar-refractivity contribution is 0.0737. The van der Waals surface area contributed by atoms with Crippen LogP contribution in [0.1, 0.15) is 10.5 Å². The van der Waals surface area contributed by atoms with E-state index in [1.54, 1.807) is 26.4 Å². The summed E-state index contributed by atoms with van der Waals surface area (Å²) >= 11 is 0. The van der Waals surface area contributed by atoms with Crippen molar-refractivity contribution in [1.82, 2.24) is 14.0 Å². The van der Waals surface area contributed by atoms with E-state index in [1.807, 2.05) is 40.8 Å². The van der Waals surface area contributed by atoms with Gasteiger partial charge in [0.15, 0.2) is 0 Å². The van der Waals surface area contributed by atoms with Gasteiger partial charge in [0.05, 0.1) is 18.0 Å². The van der Waals surface area contributed by atoms with Crippen LogP contribution >= 0.6 is 0 Å². The van der Waals surface area contributed by atoms with Crippen LogP contribution in [-0.2, 0) is 14.1 Å². The second kappa shape index (κ2) is 7.07. The number of methoxy groups -OCH3 is 1. The van der Waals surface area contributed by atoms with Crippen LogP contribution in [-0.4, -0.2) is 53.2 Å². The third kappa shape index (κ3) is 3.02.